The zero-order valence-corrected chi connectivity index (χ0v) is 34.7. The summed E-state index contributed by atoms with van der Waals surface area (Å²) in [4.78, 5) is 7.57. The fourth-order valence-electron chi connectivity index (χ4n) is 8.66. The van der Waals surface area contributed by atoms with Gasteiger partial charge in [0, 0.05) is 62.8 Å². The molecule has 0 spiro atoms. The molecule has 0 bridgehead atoms. The van der Waals surface area contributed by atoms with E-state index in [0.29, 0.717) is 0 Å². The van der Waals surface area contributed by atoms with Crippen LogP contribution in [0.5, 0.6) is 0 Å². The molecule has 3 heterocycles. The Labute approximate surface area is 359 Å². The first-order valence-electron chi connectivity index (χ1n) is 20.1. The van der Waals surface area contributed by atoms with Gasteiger partial charge in [-0.2, -0.15) is 0 Å². The van der Waals surface area contributed by atoms with Crippen molar-refractivity contribution < 1.29 is 0 Å². The van der Waals surface area contributed by atoms with Crippen molar-refractivity contribution in [1.82, 2.24) is 4.98 Å². The molecule has 0 aliphatic rings. The summed E-state index contributed by atoms with van der Waals surface area (Å²) < 4.78 is 6.42. The fraction of sp³-hybridized carbons (Fsp3) is 0. The number of benzene rings is 9. The number of fused-ring (bicyclic) bond motifs is 8. The number of hydrogen-bond donors (Lipinski definition) is 0. The highest BCUT2D eigenvalue weighted by Gasteiger charge is 2.19. The Hall–Kier alpha value is -6.89. The van der Waals surface area contributed by atoms with Crippen LogP contribution in [0.4, 0.5) is 17.1 Å². The lowest BCUT2D eigenvalue weighted by atomic mass is 9.99. The second-order valence-corrected chi connectivity index (χ2v) is 18.2. The van der Waals surface area contributed by atoms with Crippen LogP contribution in [-0.4, -0.2) is 4.98 Å². The maximum absolute atomic E-state index is 5.18. The average Bonchev–Trinajstić information content (AvgIpc) is 4.04. The zero-order chi connectivity index (χ0) is 39.6. The largest absolute Gasteiger partial charge is 0.310 e. The Morgan fingerprint density at radius 2 is 0.967 bits per heavy atom. The molecule has 60 heavy (non-hydrogen) atoms. The number of nitrogens with zero attached hydrogens (tertiary/aromatic N) is 2. The molecule has 0 amide bonds. The van der Waals surface area contributed by atoms with Gasteiger partial charge in [0.1, 0.15) is 5.01 Å². The molecule has 12 rings (SSSR count). The molecule has 2 nitrogen and oxygen atoms in total. The van der Waals surface area contributed by atoms with E-state index in [9.17, 15) is 0 Å². The summed E-state index contributed by atoms with van der Waals surface area (Å²) in [5.74, 6) is 0. The van der Waals surface area contributed by atoms with E-state index in [4.69, 9.17) is 4.98 Å². The molecule has 0 aliphatic heterocycles. The normalized spacial score (nSPS) is 11.7. The molecule has 9 aromatic carbocycles. The number of thiazole rings is 1. The summed E-state index contributed by atoms with van der Waals surface area (Å²) in [6, 6.07) is 74.9. The molecule has 0 saturated heterocycles. The minimum Gasteiger partial charge on any atom is -0.310 e. The highest BCUT2D eigenvalue weighted by Crippen LogP contribution is 2.45. The first-order chi connectivity index (χ1) is 29.7. The van der Waals surface area contributed by atoms with Gasteiger partial charge in [0.15, 0.2) is 0 Å². The first kappa shape index (κ1) is 35.1. The number of rotatable bonds is 7. The van der Waals surface area contributed by atoms with Crippen molar-refractivity contribution in [2.45, 2.75) is 0 Å². The third kappa shape index (κ3) is 5.93. The van der Waals surface area contributed by atoms with Crippen LogP contribution in [0.2, 0.25) is 0 Å². The van der Waals surface area contributed by atoms with Gasteiger partial charge in [0.05, 0.1) is 15.9 Å². The third-order valence-electron chi connectivity index (χ3n) is 11.5. The molecule has 0 fully saturated rings. The van der Waals surface area contributed by atoms with Crippen molar-refractivity contribution in [1.29, 1.82) is 0 Å². The Bertz CT molecular complexity index is 3530. The highest BCUT2D eigenvalue weighted by atomic mass is 32.1. The van der Waals surface area contributed by atoms with E-state index in [1.165, 1.54) is 78.4 Å². The van der Waals surface area contributed by atoms with E-state index < -0.39 is 0 Å². The number of thiophene rings is 2. The third-order valence-corrected chi connectivity index (χ3v) is 15.0. The van der Waals surface area contributed by atoms with Gasteiger partial charge in [-0.15, -0.1) is 34.0 Å². The maximum atomic E-state index is 5.18. The lowest BCUT2D eigenvalue weighted by molar-refractivity contribution is 1.28. The fourth-order valence-corrected chi connectivity index (χ4v) is 12.0. The molecule has 0 radical (unpaired) electrons. The van der Waals surface area contributed by atoms with Crippen LogP contribution in [0.25, 0.3) is 94.5 Å². The lowest BCUT2D eigenvalue weighted by Crippen LogP contribution is -2.11. The van der Waals surface area contributed by atoms with Gasteiger partial charge in [-0.05, 0) is 82.4 Å². The van der Waals surface area contributed by atoms with Crippen LogP contribution in [0.1, 0.15) is 0 Å². The summed E-state index contributed by atoms with van der Waals surface area (Å²) in [5.41, 5.74) is 12.8. The second kappa shape index (κ2) is 14.4. The standard InChI is InChI=1S/C55H34N2S3/c1-3-12-36(13-4-1)42-16-7-9-20-47(42)57(41-29-24-37(25-30-41)43-18-11-19-45-44-17-8-10-21-48(44)59-54(43)45)40-27-22-35(23-28-40)39-26-31-46-51(34-39)58-49-32-33-50-53(52(46)49)56-55(60-50)38-14-5-2-6-15-38/h1-34H. The molecule has 0 saturated carbocycles. The Kier molecular flexibility index (Phi) is 8.44. The maximum Gasteiger partial charge on any atom is 0.124 e. The van der Waals surface area contributed by atoms with E-state index in [0.717, 1.165) is 33.1 Å². The van der Waals surface area contributed by atoms with Crippen molar-refractivity contribution in [3.63, 3.8) is 0 Å². The minimum atomic E-state index is 1.07. The van der Waals surface area contributed by atoms with Gasteiger partial charge >= 0.3 is 0 Å². The molecular formula is C55H34N2S3. The smallest absolute Gasteiger partial charge is 0.124 e. The van der Waals surface area contributed by atoms with Crippen LogP contribution < -0.4 is 4.90 Å². The van der Waals surface area contributed by atoms with Gasteiger partial charge in [-0.3, -0.25) is 0 Å². The summed E-state index contributed by atoms with van der Waals surface area (Å²) in [6.45, 7) is 0. The molecule has 0 N–H and O–H groups in total. The van der Waals surface area contributed by atoms with Crippen molar-refractivity contribution in [2.75, 3.05) is 4.90 Å². The van der Waals surface area contributed by atoms with Crippen molar-refractivity contribution >= 4 is 102 Å². The topological polar surface area (TPSA) is 16.1 Å². The monoisotopic (exact) mass is 818 g/mol. The Balaban J connectivity index is 0.933. The van der Waals surface area contributed by atoms with Gasteiger partial charge in [0.25, 0.3) is 0 Å². The lowest BCUT2D eigenvalue weighted by Gasteiger charge is -2.28. The summed E-state index contributed by atoms with van der Waals surface area (Å²) in [7, 11) is 0. The quantitative estimate of drug-likeness (QED) is 0.159. The minimum absolute atomic E-state index is 1.07. The van der Waals surface area contributed by atoms with Crippen molar-refractivity contribution in [3.05, 3.63) is 206 Å². The zero-order valence-electron chi connectivity index (χ0n) is 32.2. The summed E-state index contributed by atoms with van der Waals surface area (Å²) in [5, 5.41) is 6.22. The van der Waals surface area contributed by atoms with E-state index in [1.54, 1.807) is 11.3 Å². The number of para-hydroxylation sites is 1. The van der Waals surface area contributed by atoms with Crippen LogP contribution >= 0.6 is 34.0 Å². The molecule has 282 valence electrons. The summed E-state index contributed by atoms with van der Waals surface area (Å²) in [6.07, 6.45) is 0. The van der Waals surface area contributed by atoms with Crippen molar-refractivity contribution in [3.8, 4) is 44.0 Å². The van der Waals surface area contributed by atoms with Gasteiger partial charge in [-0.25, -0.2) is 4.98 Å². The predicted octanol–water partition coefficient (Wildman–Crippen LogP) is 17.2. The number of hydrogen-bond acceptors (Lipinski definition) is 5. The second-order valence-electron chi connectivity index (χ2n) is 15.1. The number of aromatic nitrogens is 1. The highest BCUT2D eigenvalue weighted by molar-refractivity contribution is 7.27. The van der Waals surface area contributed by atoms with Crippen LogP contribution in [0.3, 0.4) is 0 Å². The van der Waals surface area contributed by atoms with Crippen LogP contribution in [0, 0.1) is 0 Å². The Morgan fingerprint density at radius 1 is 0.350 bits per heavy atom. The number of anilines is 3. The molecule has 3 aromatic heterocycles. The van der Waals surface area contributed by atoms with Gasteiger partial charge in [0.2, 0.25) is 0 Å². The van der Waals surface area contributed by atoms with E-state index in [-0.39, 0.29) is 0 Å². The van der Waals surface area contributed by atoms with Gasteiger partial charge in [-0.1, -0.05) is 152 Å². The van der Waals surface area contributed by atoms with E-state index in [1.807, 2.05) is 22.7 Å². The summed E-state index contributed by atoms with van der Waals surface area (Å²) >= 11 is 5.49. The van der Waals surface area contributed by atoms with Gasteiger partial charge < -0.3 is 4.90 Å². The van der Waals surface area contributed by atoms with Crippen molar-refractivity contribution in [2.24, 2.45) is 0 Å². The Morgan fingerprint density at radius 3 is 1.77 bits per heavy atom. The van der Waals surface area contributed by atoms with Crippen LogP contribution in [0.15, 0.2) is 206 Å². The predicted molar refractivity (Wildman–Crippen MR) is 262 cm³/mol. The molecule has 12 aromatic rings. The molecule has 0 atom stereocenters. The van der Waals surface area contributed by atoms with E-state index >= 15 is 0 Å². The molecule has 0 aliphatic carbocycles. The molecular weight excluding hydrogens is 785 g/mol. The molecule has 5 heteroatoms. The first-order valence-corrected chi connectivity index (χ1v) is 22.6. The average molecular weight is 819 g/mol. The van der Waals surface area contributed by atoms with Crippen LogP contribution in [-0.2, 0) is 0 Å². The van der Waals surface area contributed by atoms with E-state index in [2.05, 4.69) is 211 Å². The SMILES string of the molecule is c1ccc(-c2nc3c(ccc4sc5cc(-c6ccc(N(c7ccc(-c8cccc9c8sc8ccccc89)cc7)c7ccccc7-c7ccccc7)cc6)ccc5c43)s2)cc1. The molecule has 0 unspecified atom stereocenters.